The van der Waals surface area contributed by atoms with E-state index in [0.29, 0.717) is 22.8 Å². The summed E-state index contributed by atoms with van der Waals surface area (Å²) in [5, 5.41) is 8.84. The van der Waals surface area contributed by atoms with Crippen molar-refractivity contribution >= 4 is 27.6 Å². The molecule has 3 aliphatic rings. The topological polar surface area (TPSA) is 63.0 Å². The summed E-state index contributed by atoms with van der Waals surface area (Å²) >= 11 is 3.63. The Morgan fingerprint density at radius 2 is 1.54 bits per heavy atom. The maximum Gasteiger partial charge on any atom is 0.251 e. The minimum atomic E-state index is -2.61. The summed E-state index contributed by atoms with van der Waals surface area (Å²) in [6, 6.07) is 8.09. The second-order valence-electron chi connectivity index (χ2n) is 10.2. The molecule has 0 amide bonds. The Balaban J connectivity index is 1.28. The molecule has 1 aliphatic carbocycles. The number of rotatable bonds is 4. The van der Waals surface area contributed by atoms with E-state index in [9.17, 15) is 8.78 Å². The van der Waals surface area contributed by atoms with Gasteiger partial charge < -0.3 is 9.80 Å². The van der Waals surface area contributed by atoms with Crippen molar-refractivity contribution in [1.82, 2.24) is 25.0 Å². The van der Waals surface area contributed by atoms with E-state index in [-0.39, 0.29) is 25.9 Å². The lowest BCUT2D eigenvalue weighted by molar-refractivity contribution is -0.0222. The van der Waals surface area contributed by atoms with Crippen molar-refractivity contribution in [3.05, 3.63) is 40.6 Å². The van der Waals surface area contributed by atoms with Gasteiger partial charge >= 0.3 is 0 Å². The van der Waals surface area contributed by atoms with Crippen molar-refractivity contribution in [3.63, 3.8) is 0 Å². The van der Waals surface area contributed by atoms with Crippen LogP contribution in [0.4, 0.5) is 20.4 Å². The molecule has 0 unspecified atom stereocenters. The van der Waals surface area contributed by atoms with E-state index in [1.165, 1.54) is 25.7 Å². The largest absolute Gasteiger partial charge is 0.370 e. The molecule has 0 radical (unpaired) electrons. The van der Waals surface area contributed by atoms with Crippen molar-refractivity contribution < 1.29 is 8.78 Å². The molecule has 35 heavy (non-hydrogen) atoms. The Morgan fingerprint density at radius 3 is 2.26 bits per heavy atom. The van der Waals surface area contributed by atoms with Crippen molar-refractivity contribution in [2.75, 3.05) is 36.0 Å². The first kappa shape index (κ1) is 22.8. The quantitative estimate of drug-likeness (QED) is 0.438. The SMILES string of the molecule is Cc1cc(-c2cn(-c3ccc(Br)cc3N3CCC4(CC3)CC4)nn2)nc(N2CCC(F)(F)CC2)n1. The molecule has 2 aliphatic heterocycles. The minimum Gasteiger partial charge on any atom is -0.370 e. The highest BCUT2D eigenvalue weighted by Crippen LogP contribution is 2.54. The summed E-state index contributed by atoms with van der Waals surface area (Å²) in [7, 11) is 0. The molecule has 7 nitrogen and oxygen atoms in total. The summed E-state index contributed by atoms with van der Waals surface area (Å²) < 4.78 is 30.1. The summed E-state index contributed by atoms with van der Waals surface area (Å²) in [5.74, 6) is -2.14. The number of hydrogen-bond donors (Lipinski definition) is 0. The van der Waals surface area contributed by atoms with Crippen LogP contribution in [-0.4, -0.2) is 57.1 Å². The van der Waals surface area contributed by atoms with Crippen LogP contribution in [0.25, 0.3) is 17.1 Å². The lowest BCUT2D eigenvalue weighted by atomic mass is 9.93. The number of anilines is 2. The lowest BCUT2D eigenvalue weighted by Gasteiger charge is -2.35. The summed E-state index contributed by atoms with van der Waals surface area (Å²) in [6.07, 6.45) is 6.76. The second-order valence-corrected chi connectivity index (χ2v) is 11.1. The van der Waals surface area contributed by atoms with Crippen LogP contribution in [0.3, 0.4) is 0 Å². The Labute approximate surface area is 211 Å². The van der Waals surface area contributed by atoms with Crippen LogP contribution in [0, 0.1) is 12.3 Å². The molecule has 0 bridgehead atoms. The Bertz CT molecular complexity index is 1240. The number of piperidine rings is 2. The zero-order chi connectivity index (χ0) is 24.2. The fourth-order valence-electron chi connectivity index (χ4n) is 5.20. The third kappa shape index (κ3) is 4.64. The maximum absolute atomic E-state index is 13.6. The van der Waals surface area contributed by atoms with E-state index in [0.717, 1.165) is 34.6 Å². The van der Waals surface area contributed by atoms with Crippen LogP contribution in [-0.2, 0) is 0 Å². The highest BCUT2D eigenvalue weighted by atomic mass is 79.9. The zero-order valence-electron chi connectivity index (χ0n) is 19.7. The Morgan fingerprint density at radius 1 is 0.829 bits per heavy atom. The molecule has 0 atom stereocenters. The van der Waals surface area contributed by atoms with Crippen LogP contribution in [0.2, 0.25) is 0 Å². The first-order valence-electron chi connectivity index (χ1n) is 12.3. The molecule has 4 heterocycles. The van der Waals surface area contributed by atoms with Gasteiger partial charge in [0.1, 0.15) is 5.69 Å². The number of halogens is 3. The molecule has 2 aromatic heterocycles. The summed E-state index contributed by atoms with van der Waals surface area (Å²) in [6.45, 7) is 4.46. The molecular formula is C25H28BrF2N7. The summed E-state index contributed by atoms with van der Waals surface area (Å²) in [4.78, 5) is 13.4. The number of alkyl halides is 2. The van der Waals surface area contributed by atoms with Gasteiger partial charge in [-0.25, -0.2) is 23.4 Å². The highest BCUT2D eigenvalue weighted by molar-refractivity contribution is 9.10. The van der Waals surface area contributed by atoms with Gasteiger partial charge in [-0.2, -0.15) is 0 Å². The zero-order valence-corrected chi connectivity index (χ0v) is 21.3. The highest BCUT2D eigenvalue weighted by Gasteiger charge is 2.44. The van der Waals surface area contributed by atoms with E-state index in [1.54, 1.807) is 4.68 Å². The Hall–Kier alpha value is -2.62. The van der Waals surface area contributed by atoms with E-state index in [2.05, 4.69) is 53.2 Å². The second kappa shape index (κ2) is 8.50. The fourth-order valence-corrected chi connectivity index (χ4v) is 5.55. The van der Waals surface area contributed by atoms with Crippen LogP contribution < -0.4 is 9.80 Å². The molecular weight excluding hydrogens is 516 g/mol. The predicted octanol–water partition coefficient (Wildman–Crippen LogP) is 5.41. The van der Waals surface area contributed by atoms with Crippen LogP contribution in [0.5, 0.6) is 0 Å². The molecule has 3 aromatic rings. The maximum atomic E-state index is 13.6. The molecule has 3 fully saturated rings. The van der Waals surface area contributed by atoms with Gasteiger partial charge in [0.25, 0.3) is 5.92 Å². The third-order valence-corrected chi connectivity index (χ3v) is 8.18. The number of hydrogen-bond acceptors (Lipinski definition) is 6. The lowest BCUT2D eigenvalue weighted by Crippen LogP contribution is -2.40. The Kier molecular flexibility index (Phi) is 5.54. The number of benzene rings is 1. The first-order valence-corrected chi connectivity index (χ1v) is 13.0. The molecule has 1 spiro atoms. The number of aromatic nitrogens is 5. The normalized spacial score (nSPS) is 20.9. The standard InChI is InChI=1S/C25H28BrF2N7/c1-17-14-19(30-23(29-17)34-12-8-25(27,28)9-13-34)20-16-35(32-31-20)21-3-2-18(26)15-22(21)33-10-6-24(4-5-24)7-11-33/h2-3,14-16H,4-13H2,1H3. The summed E-state index contributed by atoms with van der Waals surface area (Å²) in [5.41, 5.74) is 4.76. The fraction of sp³-hybridized carbons (Fsp3) is 0.520. The number of nitrogens with zero attached hydrogens (tertiary/aromatic N) is 7. The van der Waals surface area contributed by atoms with Crippen LogP contribution in [0.1, 0.15) is 44.2 Å². The van der Waals surface area contributed by atoms with E-state index >= 15 is 0 Å². The van der Waals surface area contributed by atoms with E-state index in [1.807, 2.05) is 30.2 Å². The predicted molar refractivity (Wildman–Crippen MR) is 134 cm³/mol. The molecule has 0 N–H and O–H groups in total. The minimum absolute atomic E-state index is 0.181. The average molecular weight is 544 g/mol. The van der Waals surface area contributed by atoms with Crippen LogP contribution >= 0.6 is 15.9 Å². The molecule has 184 valence electrons. The van der Waals surface area contributed by atoms with Gasteiger partial charge in [0.05, 0.1) is 23.3 Å². The van der Waals surface area contributed by atoms with Gasteiger partial charge in [-0.15, -0.1) is 5.10 Å². The molecule has 2 saturated heterocycles. The third-order valence-electron chi connectivity index (χ3n) is 7.68. The van der Waals surface area contributed by atoms with Crippen molar-refractivity contribution in [2.24, 2.45) is 5.41 Å². The van der Waals surface area contributed by atoms with Gasteiger partial charge in [0.15, 0.2) is 0 Å². The smallest absolute Gasteiger partial charge is 0.251 e. The molecule has 1 saturated carbocycles. The van der Waals surface area contributed by atoms with E-state index < -0.39 is 5.92 Å². The van der Waals surface area contributed by atoms with Crippen molar-refractivity contribution in [3.8, 4) is 17.1 Å². The van der Waals surface area contributed by atoms with Gasteiger partial charge in [-0.1, -0.05) is 21.1 Å². The van der Waals surface area contributed by atoms with Crippen LogP contribution in [0.15, 0.2) is 34.9 Å². The van der Waals surface area contributed by atoms with Crippen molar-refractivity contribution in [1.29, 1.82) is 0 Å². The van der Waals surface area contributed by atoms with Gasteiger partial charge in [-0.3, -0.25) is 0 Å². The van der Waals surface area contributed by atoms with E-state index in [4.69, 9.17) is 0 Å². The first-order chi connectivity index (χ1) is 16.8. The molecule has 10 heteroatoms. The monoisotopic (exact) mass is 543 g/mol. The van der Waals surface area contributed by atoms with Gasteiger partial charge in [-0.05, 0) is 62.3 Å². The van der Waals surface area contributed by atoms with Crippen molar-refractivity contribution in [2.45, 2.75) is 51.4 Å². The average Bonchev–Trinajstić information content (AvgIpc) is 3.39. The molecule has 1 aromatic carbocycles. The molecule has 6 rings (SSSR count). The van der Waals surface area contributed by atoms with Gasteiger partial charge in [0, 0.05) is 49.2 Å². The number of aryl methyl sites for hydroxylation is 1. The van der Waals surface area contributed by atoms with Gasteiger partial charge in [0.2, 0.25) is 5.95 Å².